The normalized spacial score (nSPS) is 21.8. The van der Waals surface area contributed by atoms with E-state index in [0.717, 1.165) is 18.7 Å². The largest absolute Gasteiger partial charge is 0.493 e. The molecule has 1 atom stereocenters. The summed E-state index contributed by atoms with van der Waals surface area (Å²) in [6, 6.07) is 0.294. The number of aromatic nitrogens is 2. The van der Waals surface area contributed by atoms with Crippen LogP contribution in [0.5, 0.6) is 5.75 Å². The van der Waals surface area contributed by atoms with Crippen LogP contribution in [0.4, 0.5) is 0 Å². The minimum Gasteiger partial charge on any atom is -0.493 e. The van der Waals surface area contributed by atoms with Crippen LogP contribution in [-0.4, -0.2) is 23.4 Å². The van der Waals surface area contributed by atoms with Gasteiger partial charge in [0.25, 0.3) is 0 Å². The molecule has 1 aliphatic carbocycles. The van der Waals surface area contributed by atoms with E-state index in [-0.39, 0.29) is 0 Å². The van der Waals surface area contributed by atoms with Gasteiger partial charge in [-0.1, -0.05) is 34.6 Å². The summed E-state index contributed by atoms with van der Waals surface area (Å²) in [7, 11) is 3.72. The molecule has 20 heavy (non-hydrogen) atoms. The Morgan fingerprint density at radius 1 is 1.35 bits per heavy atom. The predicted molar refractivity (Wildman–Crippen MR) is 81.8 cm³/mol. The van der Waals surface area contributed by atoms with Gasteiger partial charge in [0.15, 0.2) is 5.75 Å². The van der Waals surface area contributed by atoms with Crippen LogP contribution in [0.1, 0.15) is 52.8 Å². The Kier molecular flexibility index (Phi) is 3.89. The first-order valence-electron chi connectivity index (χ1n) is 7.58. The second-order valence-electron chi connectivity index (χ2n) is 7.07. The van der Waals surface area contributed by atoms with Gasteiger partial charge in [-0.2, -0.15) is 5.10 Å². The quantitative estimate of drug-likeness (QED) is 0.869. The van der Waals surface area contributed by atoms with Crippen molar-refractivity contribution >= 4 is 0 Å². The highest BCUT2D eigenvalue weighted by molar-refractivity contribution is 5.33. The van der Waals surface area contributed by atoms with Crippen molar-refractivity contribution < 1.29 is 4.74 Å². The first kappa shape index (κ1) is 15.4. The maximum absolute atomic E-state index is 5.52. The van der Waals surface area contributed by atoms with Crippen LogP contribution in [0.2, 0.25) is 0 Å². The monoisotopic (exact) mass is 279 g/mol. The summed E-state index contributed by atoms with van der Waals surface area (Å²) >= 11 is 0. The number of nitrogens with zero attached hydrogens (tertiary/aromatic N) is 2. The number of rotatable bonds is 6. The van der Waals surface area contributed by atoms with Gasteiger partial charge < -0.3 is 10.1 Å². The van der Waals surface area contributed by atoms with E-state index in [9.17, 15) is 0 Å². The van der Waals surface area contributed by atoms with E-state index in [1.54, 1.807) is 7.11 Å². The predicted octanol–water partition coefficient (Wildman–Crippen LogP) is 3.15. The average Bonchev–Trinajstić information content (AvgIpc) is 2.68. The minimum atomic E-state index is 0.294. The van der Waals surface area contributed by atoms with Gasteiger partial charge in [0, 0.05) is 7.05 Å². The Bertz CT molecular complexity index is 462. The van der Waals surface area contributed by atoms with Crippen molar-refractivity contribution in [2.24, 2.45) is 23.8 Å². The molecule has 0 aromatic carbocycles. The molecular formula is C16H29N3O. The third-order valence-corrected chi connectivity index (χ3v) is 5.54. The maximum atomic E-state index is 5.52. The molecule has 4 heteroatoms. The molecule has 0 radical (unpaired) electrons. The number of hydrogen-bond acceptors (Lipinski definition) is 3. The van der Waals surface area contributed by atoms with Gasteiger partial charge in [0.05, 0.1) is 25.0 Å². The van der Waals surface area contributed by atoms with E-state index in [2.05, 4.69) is 45.0 Å². The van der Waals surface area contributed by atoms with Crippen molar-refractivity contribution in [3.8, 4) is 5.75 Å². The zero-order valence-corrected chi connectivity index (χ0v) is 13.9. The Hall–Kier alpha value is -1.03. The van der Waals surface area contributed by atoms with Crippen molar-refractivity contribution in [2.45, 2.75) is 47.1 Å². The van der Waals surface area contributed by atoms with E-state index >= 15 is 0 Å². The van der Waals surface area contributed by atoms with Crippen LogP contribution < -0.4 is 10.1 Å². The molecule has 1 aromatic rings. The molecule has 1 aromatic heterocycles. The molecule has 1 aliphatic rings. The summed E-state index contributed by atoms with van der Waals surface area (Å²) in [5.74, 6) is 1.48. The fourth-order valence-corrected chi connectivity index (χ4v) is 3.69. The molecule has 1 saturated carbocycles. The topological polar surface area (TPSA) is 39.1 Å². The van der Waals surface area contributed by atoms with Crippen LogP contribution in [0.3, 0.4) is 0 Å². The highest BCUT2D eigenvalue weighted by atomic mass is 16.5. The standard InChI is InChI=1S/C16H29N3O/c1-8-9-17-12(14-15(2,3)16(14,4)5)13-11(20-7)10-18-19(13)6/h10,12,14,17H,8-9H2,1-7H3. The van der Waals surface area contributed by atoms with Gasteiger partial charge in [-0.3, -0.25) is 4.68 Å². The molecule has 0 aliphatic heterocycles. The molecule has 1 N–H and O–H groups in total. The Balaban J connectivity index is 2.37. The Morgan fingerprint density at radius 3 is 2.40 bits per heavy atom. The molecule has 0 bridgehead atoms. The highest BCUT2D eigenvalue weighted by Crippen LogP contribution is 2.72. The van der Waals surface area contributed by atoms with Crippen LogP contribution >= 0.6 is 0 Å². The number of aryl methyl sites for hydroxylation is 1. The van der Waals surface area contributed by atoms with E-state index in [4.69, 9.17) is 4.74 Å². The van der Waals surface area contributed by atoms with Crippen LogP contribution in [0, 0.1) is 16.7 Å². The number of ether oxygens (including phenoxy) is 1. The highest BCUT2D eigenvalue weighted by Gasteiger charge is 2.67. The maximum Gasteiger partial charge on any atom is 0.161 e. The fraction of sp³-hybridized carbons (Fsp3) is 0.812. The minimum absolute atomic E-state index is 0.294. The summed E-state index contributed by atoms with van der Waals surface area (Å²) in [6.07, 6.45) is 2.95. The third kappa shape index (κ3) is 2.14. The Morgan fingerprint density at radius 2 is 1.95 bits per heavy atom. The van der Waals surface area contributed by atoms with Crippen LogP contribution in [0.15, 0.2) is 6.20 Å². The summed E-state index contributed by atoms with van der Waals surface area (Å²) < 4.78 is 7.47. The zero-order chi connectivity index (χ0) is 15.1. The van der Waals surface area contributed by atoms with E-state index in [1.807, 2.05) is 17.9 Å². The lowest BCUT2D eigenvalue weighted by Crippen LogP contribution is -2.28. The number of nitrogens with one attached hydrogen (secondary N) is 1. The molecule has 0 amide bonds. The second-order valence-corrected chi connectivity index (χ2v) is 7.07. The van der Waals surface area contributed by atoms with Gasteiger partial charge in [-0.25, -0.2) is 0 Å². The Labute approximate surface area is 122 Å². The van der Waals surface area contributed by atoms with Gasteiger partial charge in [-0.05, 0) is 29.7 Å². The zero-order valence-electron chi connectivity index (χ0n) is 13.9. The molecule has 1 fully saturated rings. The molecular weight excluding hydrogens is 250 g/mol. The summed E-state index contributed by atoms with van der Waals surface area (Å²) in [5.41, 5.74) is 1.83. The third-order valence-electron chi connectivity index (χ3n) is 5.54. The lowest BCUT2D eigenvalue weighted by atomic mass is 10.0. The van der Waals surface area contributed by atoms with Crippen LogP contribution in [-0.2, 0) is 7.05 Å². The molecule has 0 spiro atoms. The molecule has 4 nitrogen and oxygen atoms in total. The lowest BCUT2D eigenvalue weighted by Gasteiger charge is -2.22. The van der Waals surface area contributed by atoms with Gasteiger partial charge in [-0.15, -0.1) is 0 Å². The van der Waals surface area contributed by atoms with Crippen molar-refractivity contribution in [3.63, 3.8) is 0 Å². The molecule has 2 rings (SSSR count). The smallest absolute Gasteiger partial charge is 0.161 e. The summed E-state index contributed by atoms with van der Waals surface area (Å²) in [4.78, 5) is 0. The first-order chi connectivity index (χ1) is 9.29. The molecule has 114 valence electrons. The summed E-state index contributed by atoms with van der Waals surface area (Å²) in [6.45, 7) is 12.7. The van der Waals surface area contributed by atoms with Crippen molar-refractivity contribution in [3.05, 3.63) is 11.9 Å². The van der Waals surface area contributed by atoms with Crippen molar-refractivity contribution in [1.29, 1.82) is 0 Å². The van der Waals surface area contributed by atoms with E-state index in [0.29, 0.717) is 22.8 Å². The van der Waals surface area contributed by atoms with Gasteiger partial charge in [0.1, 0.15) is 0 Å². The van der Waals surface area contributed by atoms with Gasteiger partial charge in [0.2, 0.25) is 0 Å². The number of methoxy groups -OCH3 is 1. The number of hydrogen-bond donors (Lipinski definition) is 1. The molecule has 0 saturated heterocycles. The SMILES string of the molecule is CCCNC(c1c(OC)cnn1C)C1C(C)(C)C1(C)C. The van der Waals surface area contributed by atoms with Crippen molar-refractivity contribution in [2.75, 3.05) is 13.7 Å². The fourth-order valence-electron chi connectivity index (χ4n) is 3.69. The second kappa shape index (κ2) is 5.06. The summed E-state index contributed by atoms with van der Waals surface area (Å²) in [5, 5.41) is 8.09. The van der Waals surface area contributed by atoms with Crippen molar-refractivity contribution in [1.82, 2.24) is 15.1 Å². The first-order valence-corrected chi connectivity index (χ1v) is 7.58. The molecule has 1 unspecified atom stereocenters. The lowest BCUT2D eigenvalue weighted by molar-refractivity contribution is 0.357. The van der Waals surface area contributed by atoms with Crippen LogP contribution in [0.25, 0.3) is 0 Å². The van der Waals surface area contributed by atoms with E-state index < -0.39 is 0 Å². The van der Waals surface area contributed by atoms with Gasteiger partial charge >= 0.3 is 0 Å². The van der Waals surface area contributed by atoms with E-state index in [1.165, 1.54) is 5.69 Å². The average molecular weight is 279 g/mol. The molecule has 1 heterocycles.